The Hall–Kier alpha value is -2.86. The first kappa shape index (κ1) is 13.1. The smallest absolute Gasteiger partial charge is 0.0995 e. The van der Waals surface area contributed by atoms with Crippen LogP contribution in [0.2, 0.25) is 0 Å². The summed E-state index contributed by atoms with van der Waals surface area (Å²) < 4.78 is 1.94. The molecule has 3 nitrogen and oxygen atoms in total. The van der Waals surface area contributed by atoms with Crippen molar-refractivity contribution in [3.8, 4) is 17.3 Å². The molecule has 1 aromatic heterocycles. The van der Waals surface area contributed by atoms with Crippen molar-refractivity contribution in [2.45, 2.75) is 13.5 Å². The summed E-state index contributed by atoms with van der Waals surface area (Å²) in [7, 11) is 0. The number of hydrogen-bond acceptors (Lipinski definition) is 2. The van der Waals surface area contributed by atoms with Gasteiger partial charge < -0.3 is 0 Å². The van der Waals surface area contributed by atoms with E-state index in [-0.39, 0.29) is 0 Å². The summed E-state index contributed by atoms with van der Waals surface area (Å²) in [5.41, 5.74) is 4.84. The molecule has 21 heavy (non-hydrogen) atoms. The van der Waals surface area contributed by atoms with E-state index < -0.39 is 0 Å². The van der Waals surface area contributed by atoms with Gasteiger partial charge in [0.25, 0.3) is 0 Å². The lowest BCUT2D eigenvalue weighted by Gasteiger charge is -2.06. The van der Waals surface area contributed by atoms with Crippen LogP contribution in [0.1, 0.15) is 16.8 Å². The molecule has 0 radical (unpaired) electrons. The first-order chi connectivity index (χ1) is 10.3. The molecule has 0 bridgehead atoms. The molecule has 3 rings (SSSR count). The van der Waals surface area contributed by atoms with Gasteiger partial charge in [-0.15, -0.1) is 0 Å². The zero-order valence-corrected chi connectivity index (χ0v) is 11.8. The number of nitriles is 1. The van der Waals surface area contributed by atoms with Crippen LogP contribution in [-0.2, 0) is 6.54 Å². The van der Waals surface area contributed by atoms with Gasteiger partial charge in [-0.05, 0) is 24.6 Å². The second-order valence-corrected chi connectivity index (χ2v) is 4.96. The molecule has 0 spiro atoms. The minimum Gasteiger partial charge on any atom is -0.265 e. The van der Waals surface area contributed by atoms with Gasteiger partial charge in [0.05, 0.1) is 23.9 Å². The molecular weight excluding hydrogens is 258 g/mol. The second-order valence-electron chi connectivity index (χ2n) is 4.96. The maximum atomic E-state index is 9.17. The highest BCUT2D eigenvalue weighted by Crippen LogP contribution is 2.19. The predicted molar refractivity (Wildman–Crippen MR) is 82.7 cm³/mol. The molecule has 0 atom stereocenters. The van der Waals surface area contributed by atoms with E-state index in [4.69, 9.17) is 5.26 Å². The van der Waals surface area contributed by atoms with Gasteiger partial charge in [-0.2, -0.15) is 10.4 Å². The second kappa shape index (κ2) is 5.64. The molecule has 0 unspecified atom stereocenters. The Bertz CT molecular complexity index is 795. The highest BCUT2D eigenvalue weighted by molar-refractivity contribution is 5.59. The molecule has 0 amide bonds. The summed E-state index contributed by atoms with van der Waals surface area (Å²) in [5.74, 6) is 0. The molecule has 102 valence electrons. The highest BCUT2D eigenvalue weighted by atomic mass is 15.3. The van der Waals surface area contributed by atoms with Crippen molar-refractivity contribution in [1.29, 1.82) is 5.26 Å². The molecule has 2 aromatic carbocycles. The monoisotopic (exact) mass is 273 g/mol. The zero-order valence-electron chi connectivity index (χ0n) is 11.8. The van der Waals surface area contributed by atoms with Gasteiger partial charge in [-0.25, -0.2) is 0 Å². The third-order valence-electron chi connectivity index (χ3n) is 3.51. The molecule has 1 heterocycles. The molecule has 0 N–H and O–H groups in total. The van der Waals surface area contributed by atoms with Crippen LogP contribution in [0.4, 0.5) is 0 Å². The van der Waals surface area contributed by atoms with Gasteiger partial charge >= 0.3 is 0 Å². The lowest BCUT2D eigenvalue weighted by atomic mass is 10.1. The van der Waals surface area contributed by atoms with Gasteiger partial charge in [0.15, 0.2) is 0 Å². The van der Waals surface area contributed by atoms with Crippen molar-refractivity contribution in [3.05, 3.63) is 77.5 Å². The highest BCUT2D eigenvalue weighted by Gasteiger charge is 2.08. The lowest BCUT2D eigenvalue weighted by Crippen LogP contribution is -2.05. The minimum absolute atomic E-state index is 0.613. The molecule has 3 heteroatoms. The van der Waals surface area contributed by atoms with Gasteiger partial charge in [0.1, 0.15) is 0 Å². The van der Waals surface area contributed by atoms with Crippen molar-refractivity contribution in [2.75, 3.05) is 0 Å². The first-order valence-corrected chi connectivity index (χ1v) is 6.86. The lowest BCUT2D eigenvalue weighted by molar-refractivity contribution is 0.666. The number of aryl methyl sites for hydroxylation is 1. The summed E-state index contributed by atoms with van der Waals surface area (Å²) in [6, 6.07) is 22.1. The van der Waals surface area contributed by atoms with Crippen LogP contribution < -0.4 is 0 Å². The standard InChI is InChI=1S/C18H15N3/c1-14-11-18(15-7-3-2-4-8-15)20-21(14)13-17-10-6-5-9-16(17)12-19/h2-11H,13H2,1H3. The van der Waals surface area contributed by atoms with Gasteiger partial charge in [-0.3, -0.25) is 4.68 Å². The molecule has 0 aliphatic rings. The van der Waals surface area contributed by atoms with Crippen molar-refractivity contribution in [3.63, 3.8) is 0 Å². The van der Waals surface area contributed by atoms with E-state index in [0.717, 1.165) is 22.5 Å². The molecule has 0 saturated heterocycles. The normalized spacial score (nSPS) is 10.3. The average Bonchev–Trinajstić information content (AvgIpc) is 2.90. The van der Waals surface area contributed by atoms with Crippen molar-refractivity contribution in [1.82, 2.24) is 9.78 Å². The summed E-state index contributed by atoms with van der Waals surface area (Å²) in [5, 5.41) is 13.8. The molecule has 3 aromatic rings. The Labute approximate surface area is 124 Å². The number of benzene rings is 2. The topological polar surface area (TPSA) is 41.6 Å². The predicted octanol–water partition coefficient (Wildman–Crippen LogP) is 3.78. The van der Waals surface area contributed by atoms with E-state index in [0.29, 0.717) is 12.1 Å². The van der Waals surface area contributed by atoms with E-state index >= 15 is 0 Å². The number of aromatic nitrogens is 2. The van der Waals surface area contributed by atoms with Crippen molar-refractivity contribution in [2.24, 2.45) is 0 Å². The molecule has 0 fully saturated rings. The van der Waals surface area contributed by atoms with Gasteiger partial charge in [0.2, 0.25) is 0 Å². The fourth-order valence-electron chi connectivity index (χ4n) is 2.35. The maximum Gasteiger partial charge on any atom is 0.0995 e. The summed E-state index contributed by atoms with van der Waals surface area (Å²) in [6.45, 7) is 2.65. The van der Waals surface area contributed by atoms with Crippen LogP contribution in [-0.4, -0.2) is 9.78 Å². The Morgan fingerprint density at radius 1 is 1.05 bits per heavy atom. The van der Waals surface area contributed by atoms with Crippen LogP contribution in [0.25, 0.3) is 11.3 Å². The Morgan fingerprint density at radius 2 is 1.76 bits per heavy atom. The van der Waals surface area contributed by atoms with E-state index in [1.165, 1.54) is 0 Å². The number of rotatable bonds is 3. The van der Waals surface area contributed by atoms with E-state index in [2.05, 4.69) is 29.4 Å². The fraction of sp³-hybridized carbons (Fsp3) is 0.111. The number of nitrogens with zero attached hydrogens (tertiary/aromatic N) is 3. The largest absolute Gasteiger partial charge is 0.265 e. The molecule has 0 aliphatic carbocycles. The number of hydrogen-bond donors (Lipinski definition) is 0. The zero-order chi connectivity index (χ0) is 14.7. The summed E-state index contributed by atoms with van der Waals surface area (Å²) in [6.07, 6.45) is 0. The maximum absolute atomic E-state index is 9.17. The molecule has 0 saturated carbocycles. The first-order valence-electron chi connectivity index (χ1n) is 6.86. The van der Waals surface area contributed by atoms with Gasteiger partial charge in [0, 0.05) is 11.3 Å². The Kier molecular flexibility index (Phi) is 3.53. The Morgan fingerprint density at radius 3 is 2.52 bits per heavy atom. The summed E-state index contributed by atoms with van der Waals surface area (Å²) in [4.78, 5) is 0. The van der Waals surface area contributed by atoms with Gasteiger partial charge in [-0.1, -0.05) is 48.5 Å². The Balaban J connectivity index is 1.94. The minimum atomic E-state index is 0.613. The van der Waals surface area contributed by atoms with Crippen molar-refractivity contribution >= 4 is 0 Å². The summed E-state index contributed by atoms with van der Waals surface area (Å²) >= 11 is 0. The third-order valence-corrected chi connectivity index (χ3v) is 3.51. The van der Waals surface area contributed by atoms with Crippen LogP contribution in [0.15, 0.2) is 60.7 Å². The van der Waals surface area contributed by atoms with Crippen LogP contribution in [0.3, 0.4) is 0 Å². The molecular formula is C18H15N3. The van der Waals surface area contributed by atoms with E-state index in [9.17, 15) is 0 Å². The van der Waals surface area contributed by atoms with E-state index in [1.807, 2.05) is 54.1 Å². The van der Waals surface area contributed by atoms with E-state index in [1.54, 1.807) is 0 Å². The quantitative estimate of drug-likeness (QED) is 0.728. The average molecular weight is 273 g/mol. The fourth-order valence-corrected chi connectivity index (χ4v) is 2.35. The molecule has 0 aliphatic heterocycles. The van der Waals surface area contributed by atoms with Crippen molar-refractivity contribution < 1.29 is 0 Å². The third kappa shape index (κ3) is 2.70. The van der Waals surface area contributed by atoms with Crippen LogP contribution >= 0.6 is 0 Å². The van der Waals surface area contributed by atoms with Crippen LogP contribution in [0, 0.1) is 18.3 Å². The van der Waals surface area contributed by atoms with Crippen LogP contribution in [0.5, 0.6) is 0 Å². The SMILES string of the molecule is Cc1cc(-c2ccccc2)nn1Cc1ccccc1C#N.